The summed E-state index contributed by atoms with van der Waals surface area (Å²) < 4.78 is 5.64. The average Bonchev–Trinajstić information content (AvgIpc) is 2.26. The number of ether oxygens (including phenoxy) is 1. The maximum Gasteiger partial charge on any atom is 0.0796 e. The largest absolute Gasteiger partial charge is 0.373 e. The Labute approximate surface area is 80.8 Å². The van der Waals surface area contributed by atoms with Crippen LogP contribution in [0.25, 0.3) is 0 Å². The van der Waals surface area contributed by atoms with Gasteiger partial charge in [0.2, 0.25) is 0 Å². The Hall–Kier alpha value is -0.820. The molecule has 1 heterocycles. The summed E-state index contributed by atoms with van der Waals surface area (Å²) in [6.45, 7) is 8.82. The molecule has 1 aliphatic heterocycles. The summed E-state index contributed by atoms with van der Waals surface area (Å²) in [5.74, 6) is 0. The number of allylic oxidation sites excluding steroid dienone is 2. The molecule has 0 saturated carbocycles. The van der Waals surface area contributed by atoms with Crippen molar-refractivity contribution in [3.63, 3.8) is 0 Å². The first-order valence-corrected chi connectivity index (χ1v) is 4.79. The monoisotopic (exact) mass is 178 g/mol. The van der Waals surface area contributed by atoms with Gasteiger partial charge in [0.1, 0.15) is 0 Å². The van der Waals surface area contributed by atoms with Crippen LogP contribution in [0, 0.1) is 0 Å². The minimum absolute atomic E-state index is 0.246. The summed E-state index contributed by atoms with van der Waals surface area (Å²) in [5.41, 5.74) is 2.50. The zero-order valence-corrected chi connectivity index (χ0v) is 8.55. The summed E-state index contributed by atoms with van der Waals surface area (Å²) in [6, 6.07) is 0. The summed E-state index contributed by atoms with van der Waals surface area (Å²) in [7, 11) is 0. The molecule has 0 amide bonds. The van der Waals surface area contributed by atoms with Crippen molar-refractivity contribution in [2.45, 2.75) is 32.8 Å². The van der Waals surface area contributed by atoms with Crippen LogP contribution in [0.1, 0.15) is 26.7 Å². The lowest BCUT2D eigenvalue weighted by atomic mass is 10.1. The van der Waals surface area contributed by atoms with Gasteiger partial charge in [-0.1, -0.05) is 36.0 Å². The summed E-state index contributed by atoms with van der Waals surface area (Å²) in [4.78, 5) is 0. The fourth-order valence-electron chi connectivity index (χ4n) is 1.38. The van der Waals surface area contributed by atoms with E-state index in [1.807, 2.05) is 13.0 Å². The van der Waals surface area contributed by atoms with Gasteiger partial charge in [-0.2, -0.15) is 0 Å². The maximum absolute atomic E-state index is 5.64. The van der Waals surface area contributed by atoms with Crippen LogP contribution in [0.4, 0.5) is 0 Å². The van der Waals surface area contributed by atoms with Gasteiger partial charge in [-0.25, -0.2) is 0 Å². The van der Waals surface area contributed by atoms with Crippen LogP contribution in [-0.2, 0) is 4.74 Å². The maximum atomic E-state index is 5.64. The number of rotatable bonds is 2. The molecule has 0 spiro atoms. The van der Waals surface area contributed by atoms with E-state index in [-0.39, 0.29) is 6.10 Å². The van der Waals surface area contributed by atoms with E-state index in [0.717, 1.165) is 25.0 Å². The fourth-order valence-corrected chi connectivity index (χ4v) is 1.38. The van der Waals surface area contributed by atoms with Gasteiger partial charge in [-0.3, -0.25) is 0 Å². The van der Waals surface area contributed by atoms with Gasteiger partial charge in [0, 0.05) is 0 Å². The van der Waals surface area contributed by atoms with E-state index in [4.69, 9.17) is 4.74 Å². The van der Waals surface area contributed by atoms with E-state index in [9.17, 15) is 0 Å². The first-order valence-electron chi connectivity index (χ1n) is 4.79. The topological polar surface area (TPSA) is 9.23 Å². The summed E-state index contributed by atoms with van der Waals surface area (Å²) >= 11 is 0. The standard InChI is InChI=1S/C12H18O/c1-10(2)6-7-12-9-11(3)5-4-8-13-12/h5-7,12H,1,4,8-9H2,2-3H3. The van der Waals surface area contributed by atoms with Crippen molar-refractivity contribution in [3.8, 4) is 0 Å². The fraction of sp³-hybridized carbons (Fsp3) is 0.500. The smallest absolute Gasteiger partial charge is 0.0796 e. The molecule has 1 rings (SSSR count). The highest BCUT2D eigenvalue weighted by Crippen LogP contribution is 2.15. The molecule has 1 nitrogen and oxygen atoms in total. The molecule has 0 saturated heterocycles. The minimum Gasteiger partial charge on any atom is -0.373 e. The lowest BCUT2D eigenvalue weighted by Crippen LogP contribution is -2.08. The predicted molar refractivity (Wildman–Crippen MR) is 56.7 cm³/mol. The highest BCUT2D eigenvalue weighted by Gasteiger charge is 2.08. The Morgan fingerprint density at radius 1 is 1.69 bits per heavy atom. The van der Waals surface area contributed by atoms with Crippen molar-refractivity contribution < 1.29 is 4.74 Å². The van der Waals surface area contributed by atoms with E-state index < -0.39 is 0 Å². The van der Waals surface area contributed by atoms with Gasteiger partial charge in [0.05, 0.1) is 12.7 Å². The second kappa shape index (κ2) is 5.03. The van der Waals surface area contributed by atoms with E-state index in [0.29, 0.717) is 0 Å². The second-order valence-electron chi connectivity index (χ2n) is 3.66. The van der Waals surface area contributed by atoms with Crippen LogP contribution >= 0.6 is 0 Å². The van der Waals surface area contributed by atoms with Gasteiger partial charge in [-0.05, 0) is 26.7 Å². The molecule has 0 fully saturated rings. The molecule has 0 N–H and O–H groups in total. The van der Waals surface area contributed by atoms with Crippen LogP contribution in [-0.4, -0.2) is 12.7 Å². The van der Waals surface area contributed by atoms with Crippen molar-refractivity contribution in [1.82, 2.24) is 0 Å². The second-order valence-corrected chi connectivity index (χ2v) is 3.66. The molecule has 0 aromatic heterocycles. The number of hydrogen-bond donors (Lipinski definition) is 0. The first kappa shape index (κ1) is 10.3. The molecular weight excluding hydrogens is 160 g/mol. The number of hydrogen-bond acceptors (Lipinski definition) is 1. The van der Waals surface area contributed by atoms with Crippen molar-refractivity contribution in [3.05, 3.63) is 36.0 Å². The first-order chi connectivity index (χ1) is 6.18. The van der Waals surface area contributed by atoms with E-state index in [1.165, 1.54) is 5.57 Å². The molecule has 0 radical (unpaired) electrons. The molecule has 1 aliphatic rings. The van der Waals surface area contributed by atoms with Crippen LogP contribution in [0.15, 0.2) is 36.0 Å². The third kappa shape index (κ3) is 4.09. The average molecular weight is 178 g/mol. The zero-order chi connectivity index (χ0) is 9.68. The normalized spacial score (nSPS) is 24.2. The van der Waals surface area contributed by atoms with Crippen LogP contribution in [0.2, 0.25) is 0 Å². The third-order valence-corrected chi connectivity index (χ3v) is 2.06. The molecule has 1 atom stereocenters. The molecule has 1 unspecified atom stereocenters. The van der Waals surface area contributed by atoms with Crippen molar-refractivity contribution in [2.75, 3.05) is 6.61 Å². The summed E-state index contributed by atoms with van der Waals surface area (Å²) in [5, 5.41) is 0. The van der Waals surface area contributed by atoms with Gasteiger partial charge < -0.3 is 4.74 Å². The Balaban J connectivity index is 2.50. The quantitative estimate of drug-likeness (QED) is 0.466. The van der Waals surface area contributed by atoms with Gasteiger partial charge >= 0.3 is 0 Å². The highest BCUT2D eigenvalue weighted by molar-refractivity contribution is 5.15. The molecule has 0 bridgehead atoms. The lowest BCUT2D eigenvalue weighted by molar-refractivity contribution is 0.0940. The Morgan fingerprint density at radius 2 is 2.46 bits per heavy atom. The Morgan fingerprint density at radius 3 is 3.15 bits per heavy atom. The van der Waals surface area contributed by atoms with Crippen molar-refractivity contribution >= 4 is 0 Å². The third-order valence-electron chi connectivity index (χ3n) is 2.06. The zero-order valence-electron chi connectivity index (χ0n) is 8.55. The highest BCUT2D eigenvalue weighted by atomic mass is 16.5. The molecule has 13 heavy (non-hydrogen) atoms. The Kier molecular flexibility index (Phi) is 3.97. The van der Waals surface area contributed by atoms with Crippen molar-refractivity contribution in [2.24, 2.45) is 0 Å². The molecule has 0 aromatic carbocycles. The molecule has 0 aromatic rings. The van der Waals surface area contributed by atoms with Crippen LogP contribution in [0.3, 0.4) is 0 Å². The van der Waals surface area contributed by atoms with Crippen molar-refractivity contribution in [1.29, 1.82) is 0 Å². The van der Waals surface area contributed by atoms with Crippen LogP contribution in [0.5, 0.6) is 0 Å². The lowest BCUT2D eigenvalue weighted by Gasteiger charge is -2.10. The van der Waals surface area contributed by atoms with E-state index >= 15 is 0 Å². The van der Waals surface area contributed by atoms with E-state index in [2.05, 4.69) is 25.7 Å². The minimum atomic E-state index is 0.246. The van der Waals surface area contributed by atoms with Crippen LogP contribution < -0.4 is 0 Å². The van der Waals surface area contributed by atoms with Gasteiger partial charge in [0.25, 0.3) is 0 Å². The Bertz CT molecular complexity index is 236. The molecule has 0 aliphatic carbocycles. The van der Waals surface area contributed by atoms with Gasteiger partial charge in [0.15, 0.2) is 0 Å². The van der Waals surface area contributed by atoms with Gasteiger partial charge in [-0.15, -0.1) is 0 Å². The SMILES string of the molecule is C=C(C)C=CC1CC(C)=CCCO1. The molecule has 72 valence electrons. The molecular formula is C12H18O. The predicted octanol–water partition coefficient (Wildman–Crippen LogP) is 3.24. The summed E-state index contributed by atoms with van der Waals surface area (Å²) in [6.07, 6.45) is 8.70. The van der Waals surface area contributed by atoms with E-state index in [1.54, 1.807) is 0 Å². The molecule has 1 heteroatoms.